The van der Waals surface area contributed by atoms with Gasteiger partial charge in [-0.15, -0.1) is 0 Å². The first kappa shape index (κ1) is 20.2. The molecule has 1 saturated carbocycles. The number of nitrogens with zero attached hydrogens (tertiary/aromatic N) is 4. The van der Waals surface area contributed by atoms with Crippen LogP contribution in [0.1, 0.15) is 31.4 Å². The van der Waals surface area contributed by atoms with Crippen molar-refractivity contribution in [1.82, 2.24) is 20.2 Å². The number of nitrogen functional groups attached to an aromatic ring is 1. The fourth-order valence-corrected chi connectivity index (χ4v) is 3.79. The van der Waals surface area contributed by atoms with E-state index >= 15 is 0 Å². The van der Waals surface area contributed by atoms with Crippen molar-refractivity contribution >= 4 is 23.4 Å². The van der Waals surface area contributed by atoms with Crippen molar-refractivity contribution in [3.05, 3.63) is 15.8 Å². The van der Waals surface area contributed by atoms with Gasteiger partial charge >= 0.3 is 5.69 Å². The Hall–Kier alpha value is -2.53. The summed E-state index contributed by atoms with van der Waals surface area (Å²) in [7, 11) is 0. The third-order valence-electron chi connectivity index (χ3n) is 5.41. The summed E-state index contributed by atoms with van der Waals surface area (Å²) >= 11 is 0. The van der Waals surface area contributed by atoms with E-state index < -0.39 is 4.92 Å². The summed E-state index contributed by atoms with van der Waals surface area (Å²) in [4.78, 5) is 33.3. The lowest BCUT2D eigenvalue weighted by Gasteiger charge is -2.27. The average Bonchev–Trinajstić information content (AvgIpc) is 2.68. The summed E-state index contributed by atoms with van der Waals surface area (Å²) in [6, 6.07) is 0.204. The maximum absolute atomic E-state index is 12.3. The molecule has 154 valence electrons. The molecule has 2 heterocycles. The highest BCUT2D eigenvalue weighted by Gasteiger charge is 2.27. The molecule has 1 amide bonds. The van der Waals surface area contributed by atoms with Crippen molar-refractivity contribution < 1.29 is 9.72 Å². The smallest absolute Gasteiger partial charge is 0.332 e. The maximum Gasteiger partial charge on any atom is 0.332 e. The highest BCUT2D eigenvalue weighted by Crippen LogP contribution is 2.31. The largest absolute Gasteiger partial charge is 0.378 e. The number of carbonyl (C=O) groups excluding carboxylic acids is 1. The second kappa shape index (κ2) is 9.11. The van der Waals surface area contributed by atoms with Crippen LogP contribution in [0.3, 0.4) is 0 Å². The van der Waals surface area contributed by atoms with E-state index in [-0.39, 0.29) is 41.9 Å². The first-order valence-electron chi connectivity index (χ1n) is 9.72. The van der Waals surface area contributed by atoms with E-state index in [0.717, 1.165) is 38.8 Å². The zero-order valence-electron chi connectivity index (χ0n) is 15.9. The second-order valence-corrected chi connectivity index (χ2v) is 7.45. The lowest BCUT2D eigenvalue weighted by atomic mass is 9.83. The molecule has 1 aliphatic heterocycles. The number of aromatic nitrogens is 2. The number of nitro groups is 1. The fourth-order valence-electron chi connectivity index (χ4n) is 3.79. The summed E-state index contributed by atoms with van der Waals surface area (Å²) in [6.45, 7) is 2.86. The highest BCUT2D eigenvalue weighted by molar-refractivity contribution is 5.80. The van der Waals surface area contributed by atoms with Gasteiger partial charge in [0, 0.05) is 32.2 Å². The van der Waals surface area contributed by atoms with Gasteiger partial charge in [-0.3, -0.25) is 14.9 Å². The maximum atomic E-state index is 12.3. The van der Waals surface area contributed by atoms with Crippen molar-refractivity contribution in [2.75, 3.05) is 43.8 Å². The van der Waals surface area contributed by atoms with Crippen LogP contribution in [-0.2, 0) is 11.2 Å². The Morgan fingerprint density at radius 3 is 2.57 bits per heavy atom. The number of piperazine rings is 1. The Labute approximate surface area is 163 Å². The van der Waals surface area contributed by atoms with E-state index in [9.17, 15) is 14.9 Å². The normalized spacial score (nSPS) is 22.7. The van der Waals surface area contributed by atoms with Gasteiger partial charge in [0.15, 0.2) is 0 Å². The molecule has 2 aliphatic rings. The number of anilines is 2. The minimum atomic E-state index is -0.533. The zero-order valence-corrected chi connectivity index (χ0v) is 15.9. The highest BCUT2D eigenvalue weighted by atomic mass is 16.6. The molecule has 1 saturated heterocycles. The van der Waals surface area contributed by atoms with E-state index in [0.29, 0.717) is 25.2 Å². The monoisotopic (exact) mass is 392 g/mol. The number of hydrogen-bond donors (Lipinski definition) is 4. The Bertz CT molecular complexity index is 715. The third kappa shape index (κ3) is 5.04. The van der Waals surface area contributed by atoms with Crippen LogP contribution in [0.15, 0.2) is 0 Å². The molecule has 11 heteroatoms. The van der Waals surface area contributed by atoms with Gasteiger partial charge in [-0.05, 0) is 38.0 Å². The molecule has 0 bridgehead atoms. The predicted molar refractivity (Wildman–Crippen MR) is 105 cm³/mol. The topological polar surface area (TPSA) is 165 Å². The van der Waals surface area contributed by atoms with Gasteiger partial charge < -0.3 is 27.0 Å². The molecule has 0 aromatic carbocycles. The van der Waals surface area contributed by atoms with E-state index in [1.165, 1.54) is 0 Å². The van der Waals surface area contributed by atoms with Crippen LogP contribution >= 0.6 is 0 Å². The van der Waals surface area contributed by atoms with Crippen LogP contribution in [0, 0.1) is 16.0 Å². The van der Waals surface area contributed by atoms with Gasteiger partial charge in [0.2, 0.25) is 17.7 Å². The number of amides is 1. The van der Waals surface area contributed by atoms with Gasteiger partial charge in [-0.1, -0.05) is 0 Å². The number of nitrogens with one attached hydrogen (secondary N) is 2. The van der Waals surface area contributed by atoms with Crippen molar-refractivity contribution in [3.63, 3.8) is 0 Å². The van der Waals surface area contributed by atoms with Gasteiger partial charge in [-0.2, -0.15) is 4.98 Å². The zero-order chi connectivity index (χ0) is 20.1. The average molecular weight is 392 g/mol. The van der Waals surface area contributed by atoms with Crippen molar-refractivity contribution in [2.45, 2.75) is 38.1 Å². The second-order valence-electron chi connectivity index (χ2n) is 7.45. The molecular formula is C17H28N8O3. The van der Waals surface area contributed by atoms with Crippen LogP contribution < -0.4 is 22.1 Å². The molecule has 6 N–H and O–H groups in total. The lowest BCUT2D eigenvalue weighted by molar-refractivity contribution is -0.385. The Kier molecular flexibility index (Phi) is 6.57. The van der Waals surface area contributed by atoms with Gasteiger partial charge in [0.1, 0.15) is 5.69 Å². The quantitative estimate of drug-likeness (QED) is 0.381. The molecule has 0 atom stereocenters. The van der Waals surface area contributed by atoms with Gasteiger partial charge in [-0.25, -0.2) is 4.98 Å². The van der Waals surface area contributed by atoms with Crippen molar-refractivity contribution in [3.8, 4) is 0 Å². The van der Waals surface area contributed by atoms with Crippen LogP contribution in [0.5, 0.6) is 0 Å². The van der Waals surface area contributed by atoms with E-state index in [1.807, 2.05) is 0 Å². The van der Waals surface area contributed by atoms with Crippen molar-refractivity contribution in [2.24, 2.45) is 11.7 Å². The predicted octanol–water partition coefficient (Wildman–Crippen LogP) is -0.129. The molecule has 0 unspecified atom stereocenters. The molecule has 2 fully saturated rings. The summed E-state index contributed by atoms with van der Waals surface area (Å²) < 4.78 is 0. The molecule has 0 spiro atoms. The molecule has 0 radical (unpaired) electrons. The van der Waals surface area contributed by atoms with E-state index in [4.69, 9.17) is 11.5 Å². The van der Waals surface area contributed by atoms with Crippen LogP contribution in [-0.4, -0.2) is 64.5 Å². The Balaban J connectivity index is 1.70. The van der Waals surface area contributed by atoms with E-state index in [2.05, 4.69) is 20.6 Å². The molecule has 1 aromatic heterocycles. The molecule has 3 rings (SSSR count). The Morgan fingerprint density at radius 1 is 1.25 bits per heavy atom. The standard InChI is InChI=1S/C17H28N8O3/c18-12-3-1-11(2-4-12)9-13-15(25(27)28)16(19)23-17(22-13)21-10-14(26)24-7-5-20-6-8-24/h11-12,20H,1-10,18H2,(H3,19,21,22,23)/t11-,12-. The SMILES string of the molecule is Nc1nc(NCC(=O)N2CCNCC2)nc(C[C@H]2CC[C@H](N)CC2)c1[N+](=O)[O-]. The summed E-state index contributed by atoms with van der Waals surface area (Å²) in [6.07, 6.45) is 4.09. The van der Waals surface area contributed by atoms with Crippen molar-refractivity contribution in [1.29, 1.82) is 0 Å². The Morgan fingerprint density at radius 2 is 1.93 bits per heavy atom. The number of carbonyl (C=O) groups is 1. The number of hydrogen-bond acceptors (Lipinski definition) is 9. The summed E-state index contributed by atoms with van der Waals surface area (Å²) in [5.74, 6) is 0.182. The van der Waals surface area contributed by atoms with Gasteiger partial charge in [0.05, 0.1) is 11.5 Å². The minimum Gasteiger partial charge on any atom is -0.378 e. The van der Waals surface area contributed by atoms with Gasteiger partial charge in [0.25, 0.3) is 0 Å². The third-order valence-corrected chi connectivity index (χ3v) is 5.41. The lowest BCUT2D eigenvalue weighted by Crippen LogP contribution is -2.48. The fraction of sp³-hybridized carbons (Fsp3) is 0.706. The molecule has 11 nitrogen and oxygen atoms in total. The molecule has 1 aliphatic carbocycles. The van der Waals surface area contributed by atoms with Crippen LogP contribution in [0.2, 0.25) is 0 Å². The number of nitrogens with two attached hydrogens (primary N) is 2. The van der Waals surface area contributed by atoms with Crippen LogP contribution in [0.25, 0.3) is 0 Å². The van der Waals surface area contributed by atoms with E-state index in [1.54, 1.807) is 4.90 Å². The molecular weight excluding hydrogens is 364 g/mol. The molecule has 1 aromatic rings. The summed E-state index contributed by atoms with van der Waals surface area (Å²) in [5.41, 5.74) is 11.9. The molecule has 28 heavy (non-hydrogen) atoms. The van der Waals surface area contributed by atoms with Crippen LogP contribution in [0.4, 0.5) is 17.5 Å². The first-order chi connectivity index (χ1) is 13.4. The minimum absolute atomic E-state index is 0.0228. The first-order valence-corrected chi connectivity index (χ1v) is 9.72. The number of rotatable bonds is 6. The summed E-state index contributed by atoms with van der Waals surface area (Å²) in [5, 5.41) is 17.5.